The first-order valence-electron chi connectivity index (χ1n) is 6.71. The molecule has 0 bridgehead atoms. The zero-order chi connectivity index (χ0) is 15.5. The number of sulfone groups is 1. The van der Waals surface area contributed by atoms with Crippen LogP contribution in [-0.4, -0.2) is 42.8 Å². The van der Waals surface area contributed by atoms with Gasteiger partial charge in [0.2, 0.25) is 10.0 Å². The van der Waals surface area contributed by atoms with Gasteiger partial charge >= 0.3 is 0 Å². The van der Waals surface area contributed by atoms with Gasteiger partial charge in [-0.2, -0.15) is 0 Å². The molecule has 0 fully saturated rings. The van der Waals surface area contributed by atoms with Crippen molar-refractivity contribution in [1.82, 2.24) is 4.72 Å². The summed E-state index contributed by atoms with van der Waals surface area (Å²) >= 11 is 0. The van der Waals surface area contributed by atoms with Crippen molar-refractivity contribution in [2.75, 3.05) is 26.0 Å². The highest BCUT2D eigenvalue weighted by Gasteiger charge is 2.25. The molecule has 0 aromatic heterocycles. The highest BCUT2D eigenvalue weighted by Crippen LogP contribution is 2.27. The van der Waals surface area contributed by atoms with Gasteiger partial charge in [-0.25, -0.2) is 21.6 Å². The van der Waals surface area contributed by atoms with E-state index in [4.69, 9.17) is 4.74 Å². The second-order valence-corrected chi connectivity index (χ2v) is 8.78. The van der Waals surface area contributed by atoms with Crippen LogP contribution >= 0.6 is 0 Å². The van der Waals surface area contributed by atoms with Gasteiger partial charge in [-0.1, -0.05) is 0 Å². The fraction of sp³-hybridized carbons (Fsp3) is 0.538. The molecule has 1 heterocycles. The van der Waals surface area contributed by atoms with E-state index < -0.39 is 19.9 Å². The summed E-state index contributed by atoms with van der Waals surface area (Å²) in [4.78, 5) is 0.364. The normalized spacial score (nSPS) is 17.4. The Morgan fingerprint density at radius 1 is 1.33 bits per heavy atom. The highest BCUT2D eigenvalue weighted by molar-refractivity contribution is 7.91. The minimum Gasteiger partial charge on any atom is -0.385 e. The summed E-state index contributed by atoms with van der Waals surface area (Å²) in [6, 6.07) is 4.21. The molecule has 8 heteroatoms. The quantitative estimate of drug-likeness (QED) is 0.775. The van der Waals surface area contributed by atoms with Gasteiger partial charge < -0.3 is 4.74 Å². The standard InChI is InChI=1S/C13H19NO5S2/c1-19-8-3-7-14-21(17,18)12-5-6-13-11(10-12)4-2-9-20(13,15)16/h5-6,10,14H,2-4,7-9H2,1H3. The van der Waals surface area contributed by atoms with E-state index >= 15 is 0 Å². The minimum absolute atomic E-state index is 0.107. The molecule has 1 N–H and O–H groups in total. The Morgan fingerprint density at radius 2 is 2.10 bits per heavy atom. The average molecular weight is 333 g/mol. The van der Waals surface area contributed by atoms with Crippen molar-refractivity contribution in [3.63, 3.8) is 0 Å². The van der Waals surface area contributed by atoms with Crippen molar-refractivity contribution in [3.05, 3.63) is 23.8 Å². The Bertz CT molecular complexity index is 710. The summed E-state index contributed by atoms with van der Waals surface area (Å²) in [5.74, 6) is 0.126. The van der Waals surface area contributed by atoms with Crippen molar-refractivity contribution >= 4 is 19.9 Å². The maximum atomic E-state index is 12.1. The van der Waals surface area contributed by atoms with Gasteiger partial charge in [0, 0.05) is 20.3 Å². The third-order valence-corrected chi connectivity index (χ3v) is 6.71. The number of fused-ring (bicyclic) bond motifs is 1. The largest absolute Gasteiger partial charge is 0.385 e. The van der Waals surface area contributed by atoms with Crippen LogP contribution < -0.4 is 4.72 Å². The van der Waals surface area contributed by atoms with Crippen molar-refractivity contribution in [2.24, 2.45) is 0 Å². The van der Waals surface area contributed by atoms with Crippen LogP contribution in [0.5, 0.6) is 0 Å². The molecule has 0 aliphatic carbocycles. The molecule has 0 atom stereocenters. The smallest absolute Gasteiger partial charge is 0.240 e. The number of hydrogen-bond acceptors (Lipinski definition) is 5. The first-order chi connectivity index (χ1) is 9.87. The second kappa shape index (κ2) is 6.43. The molecule has 0 saturated heterocycles. The lowest BCUT2D eigenvalue weighted by Gasteiger charge is -2.17. The molecular formula is C13H19NO5S2. The van der Waals surface area contributed by atoms with E-state index in [-0.39, 0.29) is 22.1 Å². The zero-order valence-electron chi connectivity index (χ0n) is 11.8. The topological polar surface area (TPSA) is 89.5 Å². The van der Waals surface area contributed by atoms with Gasteiger partial charge in [-0.05, 0) is 43.0 Å². The number of ether oxygens (including phenoxy) is 1. The predicted molar refractivity (Wildman–Crippen MR) is 78.5 cm³/mol. The summed E-state index contributed by atoms with van der Waals surface area (Å²) in [5, 5.41) is 0. The number of sulfonamides is 1. The van der Waals surface area contributed by atoms with Crippen LogP contribution in [0.15, 0.2) is 28.0 Å². The minimum atomic E-state index is -3.61. The van der Waals surface area contributed by atoms with Crippen LogP contribution in [0.1, 0.15) is 18.4 Å². The van der Waals surface area contributed by atoms with Gasteiger partial charge in [-0.3, -0.25) is 0 Å². The first kappa shape index (κ1) is 16.4. The maximum absolute atomic E-state index is 12.1. The Balaban J connectivity index is 2.22. The van der Waals surface area contributed by atoms with E-state index in [9.17, 15) is 16.8 Å². The van der Waals surface area contributed by atoms with Crippen molar-refractivity contribution in [2.45, 2.75) is 29.1 Å². The lowest BCUT2D eigenvalue weighted by molar-refractivity contribution is 0.196. The fourth-order valence-electron chi connectivity index (χ4n) is 2.29. The molecule has 0 radical (unpaired) electrons. The van der Waals surface area contributed by atoms with Crippen LogP contribution in [0.25, 0.3) is 0 Å². The number of aryl methyl sites for hydroxylation is 1. The van der Waals surface area contributed by atoms with Gasteiger partial charge in [-0.15, -0.1) is 0 Å². The van der Waals surface area contributed by atoms with Crippen molar-refractivity contribution in [3.8, 4) is 0 Å². The van der Waals surface area contributed by atoms with E-state index in [2.05, 4.69) is 4.72 Å². The highest BCUT2D eigenvalue weighted by atomic mass is 32.2. The molecule has 21 heavy (non-hydrogen) atoms. The number of hydrogen-bond donors (Lipinski definition) is 1. The molecule has 1 aliphatic rings. The Labute approximate surface area is 125 Å². The summed E-state index contributed by atoms with van der Waals surface area (Å²) < 4.78 is 55.4. The van der Waals surface area contributed by atoms with Crippen LogP contribution in [0.3, 0.4) is 0 Å². The number of methoxy groups -OCH3 is 1. The third-order valence-electron chi connectivity index (χ3n) is 3.35. The molecule has 0 unspecified atom stereocenters. The van der Waals surface area contributed by atoms with Crippen LogP contribution in [0.4, 0.5) is 0 Å². The van der Waals surface area contributed by atoms with Gasteiger partial charge in [0.15, 0.2) is 9.84 Å². The number of benzene rings is 1. The number of rotatable bonds is 6. The molecule has 0 saturated carbocycles. The van der Waals surface area contributed by atoms with E-state index in [0.29, 0.717) is 31.4 Å². The molecule has 118 valence electrons. The average Bonchev–Trinajstić information content (AvgIpc) is 2.43. The molecule has 0 amide bonds. The third kappa shape index (κ3) is 3.82. The van der Waals surface area contributed by atoms with E-state index in [1.54, 1.807) is 7.11 Å². The summed E-state index contributed by atoms with van der Waals surface area (Å²) in [6.45, 7) is 0.760. The molecule has 2 rings (SSSR count). The second-order valence-electron chi connectivity index (χ2n) is 4.94. The fourth-order valence-corrected chi connectivity index (χ4v) is 5.00. The van der Waals surface area contributed by atoms with Crippen LogP contribution in [-0.2, 0) is 31.0 Å². The van der Waals surface area contributed by atoms with E-state index in [1.165, 1.54) is 18.2 Å². The van der Waals surface area contributed by atoms with Crippen molar-refractivity contribution < 1.29 is 21.6 Å². The molecule has 1 aromatic rings. The molecular weight excluding hydrogens is 314 g/mol. The van der Waals surface area contributed by atoms with Crippen LogP contribution in [0.2, 0.25) is 0 Å². The predicted octanol–water partition coefficient (Wildman–Crippen LogP) is 0.721. The molecule has 6 nitrogen and oxygen atoms in total. The Hall–Kier alpha value is -0.960. The SMILES string of the molecule is COCCCNS(=O)(=O)c1ccc2c(c1)CCCS2(=O)=O. The summed E-state index contributed by atoms with van der Waals surface area (Å²) in [5.41, 5.74) is 0.584. The van der Waals surface area contributed by atoms with E-state index in [1.807, 2.05) is 0 Å². The van der Waals surface area contributed by atoms with Gasteiger partial charge in [0.05, 0.1) is 15.5 Å². The van der Waals surface area contributed by atoms with Crippen molar-refractivity contribution in [1.29, 1.82) is 0 Å². The van der Waals surface area contributed by atoms with Gasteiger partial charge in [0.1, 0.15) is 0 Å². The molecule has 0 spiro atoms. The lowest BCUT2D eigenvalue weighted by Crippen LogP contribution is -2.26. The summed E-state index contributed by atoms with van der Waals surface area (Å²) in [7, 11) is -5.32. The molecule has 1 aromatic carbocycles. The van der Waals surface area contributed by atoms with Gasteiger partial charge in [0.25, 0.3) is 0 Å². The molecule has 1 aliphatic heterocycles. The lowest BCUT2D eigenvalue weighted by atomic mass is 10.1. The Kier molecular flexibility index (Phi) is 5.03. The van der Waals surface area contributed by atoms with E-state index in [0.717, 1.165) is 0 Å². The zero-order valence-corrected chi connectivity index (χ0v) is 13.5. The van der Waals surface area contributed by atoms with Crippen LogP contribution in [0, 0.1) is 0 Å². The summed E-state index contributed by atoms with van der Waals surface area (Å²) in [6.07, 6.45) is 1.69. The monoisotopic (exact) mass is 333 g/mol. The first-order valence-corrected chi connectivity index (χ1v) is 9.85. The number of nitrogens with one attached hydrogen (secondary N) is 1. The Morgan fingerprint density at radius 3 is 2.81 bits per heavy atom. The maximum Gasteiger partial charge on any atom is 0.240 e.